The van der Waals surface area contributed by atoms with Crippen LogP contribution in [0.4, 0.5) is 0 Å². The van der Waals surface area contributed by atoms with Crippen LogP contribution >= 0.6 is 0 Å². The second-order valence-corrected chi connectivity index (χ2v) is 15.4. The molecule has 7 N–H and O–H groups in total. The van der Waals surface area contributed by atoms with Crippen molar-refractivity contribution in [2.45, 2.75) is 145 Å². The van der Waals surface area contributed by atoms with Gasteiger partial charge in [0.15, 0.2) is 24.7 Å². The van der Waals surface area contributed by atoms with Crippen LogP contribution < -0.4 is 21.7 Å². The van der Waals surface area contributed by atoms with Crippen molar-refractivity contribution in [2.24, 2.45) is 28.5 Å². The minimum Gasteiger partial charge on any atom is -0.387 e. The number of likely N-dealkylation sites (N-methyl/N-ethyl adjacent to an activating group) is 2. The Morgan fingerprint density at radius 1 is 1.07 bits per heavy atom. The van der Waals surface area contributed by atoms with Crippen molar-refractivity contribution in [2.75, 3.05) is 33.9 Å². The highest BCUT2D eigenvalue weighted by Crippen LogP contribution is 2.44. The molecule has 4 aliphatic heterocycles. The lowest BCUT2D eigenvalue weighted by Crippen LogP contribution is -2.73. The molecule has 0 bridgehead atoms. The van der Waals surface area contributed by atoms with Gasteiger partial charge in [-0.3, -0.25) is 20.9 Å². The average Bonchev–Trinajstić information content (AvgIpc) is 3.56. The van der Waals surface area contributed by atoms with Crippen LogP contribution in [0.1, 0.15) is 77.6 Å². The Hall–Kier alpha value is -0.730. The summed E-state index contributed by atoms with van der Waals surface area (Å²) in [5.74, 6) is 2.76. The summed E-state index contributed by atoms with van der Waals surface area (Å²) in [5.41, 5.74) is 6.25. The van der Waals surface area contributed by atoms with E-state index in [1.165, 1.54) is 77.2 Å². The van der Waals surface area contributed by atoms with Gasteiger partial charge in [-0.05, 0) is 82.7 Å². The summed E-state index contributed by atoms with van der Waals surface area (Å²) in [5, 5.41) is 32.9. The van der Waals surface area contributed by atoms with E-state index in [2.05, 4.69) is 44.7 Å². The fraction of sp³-hybridized carbons (Fsp3) is 0.969. The van der Waals surface area contributed by atoms with Crippen LogP contribution in [0.3, 0.4) is 0 Å². The number of quaternary nitrogens is 1. The second-order valence-electron chi connectivity index (χ2n) is 15.4. The molecule has 7 rings (SSSR count). The lowest BCUT2D eigenvalue weighted by Gasteiger charge is -2.44. The zero-order valence-electron chi connectivity index (χ0n) is 26.7. The number of nitrogens with one attached hydrogen (secondary N) is 3. The van der Waals surface area contributed by atoms with Crippen LogP contribution in [0, 0.1) is 17.8 Å². The molecule has 43 heavy (non-hydrogen) atoms. The van der Waals surface area contributed by atoms with Gasteiger partial charge in [-0.1, -0.05) is 26.2 Å². The molecule has 11 nitrogen and oxygen atoms in total. The first-order valence-corrected chi connectivity index (χ1v) is 17.6. The summed E-state index contributed by atoms with van der Waals surface area (Å²) >= 11 is 0. The van der Waals surface area contributed by atoms with Gasteiger partial charge in [0.25, 0.3) is 0 Å². The van der Waals surface area contributed by atoms with Crippen molar-refractivity contribution >= 4 is 6.34 Å². The third kappa shape index (κ3) is 5.64. The molecule has 8 unspecified atom stereocenters. The van der Waals surface area contributed by atoms with Crippen molar-refractivity contribution in [3.63, 3.8) is 0 Å². The van der Waals surface area contributed by atoms with Crippen LogP contribution in [-0.4, -0.2) is 132 Å². The second kappa shape index (κ2) is 12.5. The van der Waals surface area contributed by atoms with Crippen molar-refractivity contribution in [3.8, 4) is 0 Å². The van der Waals surface area contributed by atoms with E-state index in [1.807, 2.05) is 13.4 Å². The summed E-state index contributed by atoms with van der Waals surface area (Å²) in [6.45, 7) is 4.76. The van der Waals surface area contributed by atoms with E-state index >= 15 is 0 Å². The molecular weight excluding hydrogens is 544 g/mol. The van der Waals surface area contributed by atoms with E-state index in [-0.39, 0.29) is 22.9 Å². The van der Waals surface area contributed by atoms with Gasteiger partial charge in [-0.2, -0.15) is 0 Å². The molecule has 0 radical (unpaired) electrons. The normalized spacial score (nSPS) is 50.1. The zero-order chi connectivity index (χ0) is 29.9. The van der Waals surface area contributed by atoms with Gasteiger partial charge < -0.3 is 25.6 Å². The predicted octanol–water partition coefficient (Wildman–Crippen LogP) is 0.521. The van der Waals surface area contributed by atoms with E-state index in [4.69, 9.17) is 10.5 Å². The standard InChI is InChI=1S/C32H59N8O3/c1-4-12-39-24-10-9-21(20-6-5-7-20)15-23(24)37-26(39)11-8-19-13-22(14-19)38(2)16-25-28(41)29(42)32(43-25)40(3)18-36-27-30(33)34-17-35-31(27)40/h18-32,34-35,37,41-42H,4-17,33H2,1-3H3/q+1/t19?,21?,22?,23?,24?,25-,26?,27?,28-,29-,30?,31?,32-,40?/m1/s1. The highest BCUT2D eigenvalue weighted by molar-refractivity contribution is 5.50. The minimum atomic E-state index is -0.978. The lowest BCUT2D eigenvalue weighted by atomic mass is 9.68. The Morgan fingerprint density at radius 2 is 1.88 bits per heavy atom. The Kier molecular flexibility index (Phi) is 8.96. The molecule has 3 aliphatic carbocycles. The quantitative estimate of drug-likeness (QED) is 0.198. The first kappa shape index (κ1) is 30.9. The van der Waals surface area contributed by atoms with Crippen LogP contribution in [0.25, 0.3) is 0 Å². The summed E-state index contributed by atoms with van der Waals surface area (Å²) < 4.78 is 6.70. The molecule has 0 aromatic carbocycles. The van der Waals surface area contributed by atoms with Gasteiger partial charge in [0.05, 0.1) is 26.0 Å². The predicted molar refractivity (Wildman–Crippen MR) is 167 cm³/mol. The van der Waals surface area contributed by atoms with Crippen molar-refractivity contribution in [1.82, 2.24) is 25.8 Å². The lowest BCUT2D eigenvalue weighted by molar-refractivity contribution is -0.893. The Bertz CT molecular complexity index is 996. The molecule has 244 valence electrons. The summed E-state index contributed by atoms with van der Waals surface area (Å²) in [6, 6.07) is 1.83. The topological polar surface area (TPSA) is 131 Å². The summed E-state index contributed by atoms with van der Waals surface area (Å²) in [7, 11) is 4.16. The molecule has 0 aromatic heterocycles. The Balaban J connectivity index is 0.876. The van der Waals surface area contributed by atoms with Gasteiger partial charge in [0, 0.05) is 24.7 Å². The molecule has 0 spiro atoms. The van der Waals surface area contributed by atoms with Crippen molar-refractivity contribution < 1.29 is 19.4 Å². The number of hydrogen-bond acceptors (Lipinski definition) is 10. The molecule has 12 atom stereocenters. The maximum Gasteiger partial charge on any atom is 0.229 e. The van der Waals surface area contributed by atoms with Crippen LogP contribution in [0.15, 0.2) is 4.99 Å². The minimum absolute atomic E-state index is 0.0947. The first-order chi connectivity index (χ1) is 20.8. The maximum atomic E-state index is 11.1. The van der Waals surface area contributed by atoms with E-state index in [0.717, 1.165) is 23.8 Å². The van der Waals surface area contributed by atoms with E-state index < -0.39 is 24.5 Å². The molecule has 0 amide bonds. The Morgan fingerprint density at radius 3 is 2.63 bits per heavy atom. The fourth-order valence-corrected chi connectivity index (χ4v) is 9.90. The molecule has 0 aromatic rings. The van der Waals surface area contributed by atoms with Gasteiger partial charge in [-0.25, -0.2) is 9.48 Å². The first-order valence-electron chi connectivity index (χ1n) is 17.6. The number of fused-ring (bicyclic) bond motifs is 2. The van der Waals surface area contributed by atoms with Crippen LogP contribution in [0.5, 0.6) is 0 Å². The number of rotatable bonds is 10. The van der Waals surface area contributed by atoms with Gasteiger partial charge in [0.2, 0.25) is 6.23 Å². The van der Waals surface area contributed by atoms with E-state index in [9.17, 15) is 10.2 Å². The molecule has 7 aliphatic rings. The van der Waals surface area contributed by atoms with Crippen LogP contribution in [-0.2, 0) is 4.74 Å². The zero-order valence-corrected chi connectivity index (χ0v) is 26.7. The number of nitrogens with zero attached hydrogens (tertiary/aromatic N) is 4. The number of ether oxygens (including phenoxy) is 1. The van der Waals surface area contributed by atoms with Crippen LogP contribution in [0.2, 0.25) is 0 Å². The number of nitrogens with two attached hydrogens (primary N) is 1. The fourth-order valence-electron chi connectivity index (χ4n) is 9.90. The summed E-state index contributed by atoms with van der Waals surface area (Å²) in [6.07, 6.45) is 14.0. The van der Waals surface area contributed by atoms with Gasteiger partial charge in [-0.15, -0.1) is 0 Å². The number of hydrogen-bond donors (Lipinski definition) is 6. The maximum absolute atomic E-state index is 11.1. The monoisotopic (exact) mass is 603 g/mol. The average molecular weight is 604 g/mol. The van der Waals surface area contributed by atoms with E-state index in [1.54, 1.807) is 0 Å². The SMILES string of the molecule is CCCN1C(CCC2CC(N(C)C[C@H]3O[C@@H]([N+]4(C)C=NC5C(N)NCNC54)[C@H](O)[C@@H]3O)C2)NC2CC(C3CCC3)CCC21. The molecule has 3 saturated carbocycles. The third-order valence-electron chi connectivity index (χ3n) is 12.8. The number of aliphatic imine (C=N–C) groups is 1. The molecular formula is C32H59N8O3+. The highest BCUT2D eigenvalue weighted by atomic mass is 16.6. The number of aliphatic hydroxyl groups is 2. The highest BCUT2D eigenvalue weighted by Gasteiger charge is 2.59. The molecule has 4 heterocycles. The smallest absolute Gasteiger partial charge is 0.229 e. The Labute approximate surface area is 258 Å². The third-order valence-corrected chi connectivity index (χ3v) is 12.8. The van der Waals surface area contributed by atoms with Gasteiger partial charge in [0.1, 0.15) is 12.2 Å². The number of aliphatic hydroxyl groups excluding tert-OH is 2. The van der Waals surface area contributed by atoms with Gasteiger partial charge >= 0.3 is 0 Å². The largest absolute Gasteiger partial charge is 0.387 e. The van der Waals surface area contributed by atoms with Crippen molar-refractivity contribution in [1.29, 1.82) is 0 Å². The molecule has 3 saturated heterocycles. The summed E-state index contributed by atoms with van der Waals surface area (Å²) in [4.78, 5) is 9.84. The van der Waals surface area contributed by atoms with Crippen molar-refractivity contribution in [3.05, 3.63) is 0 Å². The molecule has 6 fully saturated rings. The molecule has 11 heteroatoms. The van der Waals surface area contributed by atoms with E-state index in [0.29, 0.717) is 31.5 Å².